The van der Waals surface area contributed by atoms with Gasteiger partial charge in [0.25, 0.3) is 0 Å². The van der Waals surface area contributed by atoms with E-state index in [0.717, 1.165) is 61.2 Å². The third-order valence-electron chi connectivity index (χ3n) is 10.0. The van der Waals surface area contributed by atoms with Crippen molar-refractivity contribution in [1.29, 1.82) is 0 Å². The number of para-hydroxylation sites is 1. The Morgan fingerprint density at radius 2 is 1.74 bits per heavy atom. The van der Waals surface area contributed by atoms with Crippen molar-refractivity contribution in [2.45, 2.75) is 71.2 Å². The first-order valence-electron chi connectivity index (χ1n) is 17.7. The Morgan fingerprint density at radius 3 is 2.50 bits per heavy atom. The third-order valence-corrected chi connectivity index (χ3v) is 10.2. The largest absolute Gasteiger partial charge is 0.388 e. The number of hydrogen-bond donors (Lipinski definition) is 4. The van der Waals surface area contributed by atoms with Crippen molar-refractivity contribution in [1.82, 2.24) is 29.7 Å². The van der Waals surface area contributed by atoms with Crippen LogP contribution in [0.4, 0.5) is 0 Å². The van der Waals surface area contributed by atoms with Gasteiger partial charge in [-0.2, -0.15) is 0 Å². The number of aliphatic hydroxyl groups excluding tert-OH is 1. The van der Waals surface area contributed by atoms with Crippen LogP contribution in [0.2, 0.25) is 5.02 Å². The molecular formula is C41H49ClN6O2. The second-order valence-electron chi connectivity index (χ2n) is 13.5. The molecule has 0 saturated carbocycles. The van der Waals surface area contributed by atoms with Crippen molar-refractivity contribution in [2.75, 3.05) is 20.1 Å². The average molecular weight is 693 g/mol. The zero-order valence-corrected chi connectivity index (χ0v) is 30.6. The molecule has 50 heavy (non-hydrogen) atoms. The number of halogens is 1. The Labute approximate surface area is 300 Å². The maximum absolute atomic E-state index is 11.0. The van der Waals surface area contributed by atoms with Crippen molar-refractivity contribution in [3.63, 3.8) is 0 Å². The Hall–Kier alpha value is -4.05. The van der Waals surface area contributed by atoms with Crippen LogP contribution in [0, 0.1) is 0 Å². The topological polar surface area (TPSA) is 102 Å². The van der Waals surface area contributed by atoms with E-state index in [-0.39, 0.29) is 0 Å². The summed E-state index contributed by atoms with van der Waals surface area (Å²) in [5.74, 6) is 0. The minimum Gasteiger partial charge on any atom is -0.388 e. The van der Waals surface area contributed by atoms with Gasteiger partial charge in [0.15, 0.2) is 0 Å². The van der Waals surface area contributed by atoms with Crippen LogP contribution >= 0.6 is 11.6 Å². The van der Waals surface area contributed by atoms with Gasteiger partial charge in [-0.05, 0) is 91.5 Å². The van der Waals surface area contributed by atoms with Gasteiger partial charge in [-0.1, -0.05) is 49.7 Å². The molecule has 2 aliphatic rings. The minimum atomic E-state index is -1.01. The molecule has 0 radical (unpaired) electrons. The van der Waals surface area contributed by atoms with Gasteiger partial charge in [-0.25, -0.2) is 0 Å². The number of nitrogens with zero attached hydrogens (tertiary/aromatic N) is 4. The summed E-state index contributed by atoms with van der Waals surface area (Å²) in [7, 11) is 4.27. The summed E-state index contributed by atoms with van der Waals surface area (Å²) in [5, 5.41) is 28.3. The summed E-state index contributed by atoms with van der Waals surface area (Å²) < 4.78 is 2.30. The molecule has 0 amide bonds. The van der Waals surface area contributed by atoms with Gasteiger partial charge in [0.2, 0.25) is 0 Å². The first-order valence-corrected chi connectivity index (χ1v) is 18.1. The zero-order chi connectivity index (χ0) is 35.4. The SMILES string of the molecule is CC.CN1CCc2c([nH]c3c(CC(C)(O)c4cccnc4)cc(Cl)cc23)C1.Cn1c2c(c3cccc(CC(O)c4ccncc4)c31)CCNC2. The summed E-state index contributed by atoms with van der Waals surface area (Å²) in [6, 6.07) is 18.0. The predicted octanol–water partition coefficient (Wildman–Crippen LogP) is 7.18. The highest BCUT2D eigenvalue weighted by molar-refractivity contribution is 6.31. The predicted molar refractivity (Wildman–Crippen MR) is 203 cm³/mol. The number of aromatic amines is 1. The van der Waals surface area contributed by atoms with Crippen LogP contribution < -0.4 is 5.32 Å². The fourth-order valence-corrected chi connectivity index (χ4v) is 7.77. The number of likely N-dealkylation sites (N-methyl/N-ethyl adjacent to an activating group) is 1. The van der Waals surface area contributed by atoms with Gasteiger partial charge in [0.05, 0.1) is 17.2 Å². The number of nitrogens with one attached hydrogen (secondary N) is 2. The van der Waals surface area contributed by atoms with E-state index in [1.807, 2.05) is 57.2 Å². The molecule has 4 aromatic heterocycles. The van der Waals surface area contributed by atoms with Gasteiger partial charge < -0.3 is 30.0 Å². The van der Waals surface area contributed by atoms with Gasteiger partial charge in [-0.15, -0.1) is 0 Å². The molecule has 2 aliphatic heterocycles. The molecule has 2 atom stereocenters. The number of aryl methyl sites for hydroxylation is 1. The number of pyridine rings is 2. The quantitative estimate of drug-likeness (QED) is 0.148. The van der Waals surface area contributed by atoms with E-state index in [4.69, 9.17) is 11.6 Å². The van der Waals surface area contributed by atoms with E-state index in [1.165, 1.54) is 44.4 Å². The molecule has 8 rings (SSSR count). The van der Waals surface area contributed by atoms with Gasteiger partial charge in [0.1, 0.15) is 0 Å². The summed E-state index contributed by atoms with van der Waals surface area (Å²) in [4.78, 5) is 14.1. The summed E-state index contributed by atoms with van der Waals surface area (Å²) >= 11 is 6.41. The summed E-state index contributed by atoms with van der Waals surface area (Å²) in [6.45, 7) is 9.76. The number of hydrogen-bond acceptors (Lipinski definition) is 6. The normalized spacial score (nSPS) is 16.0. The molecule has 2 unspecified atom stereocenters. The maximum Gasteiger partial charge on any atom is 0.0924 e. The fraction of sp³-hybridized carbons (Fsp3) is 0.366. The summed E-state index contributed by atoms with van der Waals surface area (Å²) in [5.41, 5.74) is 10.7. The Bertz CT molecular complexity index is 2050. The van der Waals surface area contributed by atoms with Crippen LogP contribution in [0.15, 0.2) is 79.4 Å². The van der Waals surface area contributed by atoms with Gasteiger partial charge >= 0.3 is 0 Å². The van der Waals surface area contributed by atoms with Crippen molar-refractivity contribution in [3.8, 4) is 0 Å². The van der Waals surface area contributed by atoms with Crippen molar-refractivity contribution < 1.29 is 10.2 Å². The Kier molecular flexibility index (Phi) is 11.1. The standard InChI is InChI=1S/C20H22ClN3O.C19H21N3O.C2H6/c1-20(25,14-4-3-6-22-11-14)10-13-8-15(21)9-17-16-5-7-24(2)12-18(16)23-19(13)17;1-22-17-12-21-10-7-15(17)16-4-2-3-14(19(16)22)11-18(23)13-5-8-20-9-6-13;1-2/h3-4,6,8-9,11,23,25H,5,7,10,12H2,1-2H3;2-6,8-9,18,21,23H,7,10-12H2,1H3;1-2H3. The number of aliphatic hydroxyl groups is 2. The smallest absolute Gasteiger partial charge is 0.0924 e. The van der Waals surface area contributed by atoms with Crippen molar-refractivity contribution in [2.24, 2.45) is 7.05 Å². The molecule has 6 heterocycles. The average Bonchev–Trinajstić information content (AvgIpc) is 3.65. The molecule has 2 aromatic carbocycles. The van der Waals surface area contributed by atoms with E-state index in [2.05, 4.69) is 62.0 Å². The van der Waals surface area contributed by atoms with E-state index in [9.17, 15) is 10.2 Å². The lowest BCUT2D eigenvalue weighted by Gasteiger charge is -2.24. The lowest BCUT2D eigenvalue weighted by atomic mass is 9.89. The molecule has 0 bridgehead atoms. The van der Waals surface area contributed by atoms with Crippen LogP contribution in [0.1, 0.15) is 71.6 Å². The second-order valence-corrected chi connectivity index (χ2v) is 13.9. The van der Waals surface area contributed by atoms with E-state index in [1.54, 1.807) is 24.8 Å². The van der Waals surface area contributed by atoms with Crippen molar-refractivity contribution >= 4 is 33.4 Å². The van der Waals surface area contributed by atoms with Crippen LogP contribution in [-0.2, 0) is 51.4 Å². The minimum absolute atomic E-state index is 0.477. The maximum atomic E-state index is 11.0. The molecule has 6 aromatic rings. The van der Waals surface area contributed by atoms with E-state index < -0.39 is 11.7 Å². The monoisotopic (exact) mass is 692 g/mol. The van der Waals surface area contributed by atoms with Crippen LogP contribution in [-0.4, -0.2) is 54.8 Å². The molecule has 0 saturated heterocycles. The molecular weight excluding hydrogens is 644 g/mol. The van der Waals surface area contributed by atoms with Crippen molar-refractivity contribution in [3.05, 3.63) is 129 Å². The molecule has 8 nitrogen and oxygen atoms in total. The number of aromatic nitrogens is 4. The number of benzene rings is 2. The second kappa shape index (κ2) is 15.5. The van der Waals surface area contributed by atoms with Crippen LogP contribution in [0.5, 0.6) is 0 Å². The molecule has 4 N–H and O–H groups in total. The highest BCUT2D eigenvalue weighted by Gasteiger charge is 2.27. The summed E-state index contributed by atoms with van der Waals surface area (Å²) in [6.07, 6.45) is 9.57. The first kappa shape index (κ1) is 35.8. The fourth-order valence-electron chi connectivity index (χ4n) is 7.53. The number of H-pyrrole nitrogens is 1. The highest BCUT2D eigenvalue weighted by Crippen LogP contribution is 2.35. The van der Waals surface area contributed by atoms with E-state index in [0.29, 0.717) is 17.9 Å². The van der Waals surface area contributed by atoms with Crippen LogP contribution in [0.3, 0.4) is 0 Å². The molecule has 0 fully saturated rings. The van der Waals surface area contributed by atoms with E-state index >= 15 is 0 Å². The van der Waals surface area contributed by atoms with Gasteiger partial charge in [0, 0.05) is 103 Å². The molecule has 0 spiro atoms. The Balaban J connectivity index is 0.000000165. The molecule has 9 heteroatoms. The number of rotatable bonds is 6. The highest BCUT2D eigenvalue weighted by atomic mass is 35.5. The van der Waals surface area contributed by atoms with Crippen LogP contribution in [0.25, 0.3) is 21.8 Å². The lowest BCUT2D eigenvalue weighted by Crippen LogP contribution is -2.26. The molecule has 0 aliphatic carbocycles. The lowest BCUT2D eigenvalue weighted by molar-refractivity contribution is 0.0575. The van der Waals surface area contributed by atoms with Gasteiger partial charge in [-0.3, -0.25) is 9.97 Å². The first-order chi connectivity index (χ1) is 24.2. The number of fused-ring (bicyclic) bond motifs is 6. The Morgan fingerprint density at radius 1 is 0.940 bits per heavy atom. The third kappa shape index (κ3) is 7.36. The molecule has 262 valence electrons. The zero-order valence-electron chi connectivity index (χ0n) is 29.8.